The molecule has 0 unspecified atom stereocenters. The molecule has 1 aromatic carbocycles. The molecule has 0 heterocycles. The van der Waals surface area contributed by atoms with Crippen LogP contribution in [-0.2, 0) is 0 Å². The van der Waals surface area contributed by atoms with Crippen molar-refractivity contribution in [2.45, 2.75) is 6.92 Å². The van der Waals surface area contributed by atoms with Crippen molar-refractivity contribution in [2.75, 3.05) is 0 Å². The Bertz CT molecular complexity index is 179. The standard InChI is InChI=1S/C7H7.BF3.K/c1-7-5-3-2-4-6-7;2-1(3)4;/h3-6H,1H3;;/q-1;;+1. The van der Waals surface area contributed by atoms with Gasteiger partial charge in [0.2, 0.25) is 0 Å². The fourth-order valence-electron chi connectivity index (χ4n) is 0.470. The summed E-state index contributed by atoms with van der Waals surface area (Å²) in [5, 5.41) is 0. The molecule has 0 amide bonds. The third kappa shape index (κ3) is 13.3. The number of hydrogen-bond acceptors (Lipinski definition) is 0. The van der Waals surface area contributed by atoms with Crippen LogP contribution in [0.3, 0.4) is 0 Å². The van der Waals surface area contributed by atoms with Crippen LogP contribution < -0.4 is 51.4 Å². The van der Waals surface area contributed by atoms with Crippen LogP contribution in [0.1, 0.15) is 5.56 Å². The van der Waals surface area contributed by atoms with Crippen molar-refractivity contribution in [3.05, 3.63) is 35.9 Å². The van der Waals surface area contributed by atoms with Gasteiger partial charge in [-0.3, -0.25) is 12.9 Å². The molecule has 0 aliphatic rings. The van der Waals surface area contributed by atoms with Crippen molar-refractivity contribution >= 4 is 7.54 Å². The zero-order chi connectivity index (χ0) is 8.69. The summed E-state index contributed by atoms with van der Waals surface area (Å²) in [6.45, 7) is 2.06. The van der Waals surface area contributed by atoms with E-state index in [4.69, 9.17) is 0 Å². The second-order valence-corrected chi connectivity index (χ2v) is 1.82. The summed E-state index contributed by atoms with van der Waals surface area (Å²) in [6.07, 6.45) is 0. The molecule has 0 radical (unpaired) electrons. The number of hydrogen-bond donors (Lipinski definition) is 0. The van der Waals surface area contributed by atoms with Gasteiger partial charge in [0, 0.05) is 0 Å². The molecule has 5 heteroatoms. The van der Waals surface area contributed by atoms with Crippen LogP contribution in [0.25, 0.3) is 0 Å². The molecule has 0 spiro atoms. The van der Waals surface area contributed by atoms with E-state index in [9.17, 15) is 12.9 Å². The molecule has 0 fully saturated rings. The Morgan fingerprint density at radius 3 is 1.67 bits per heavy atom. The fraction of sp³-hybridized carbons (Fsp3) is 0.143. The molecule has 0 aliphatic heterocycles. The normalized spacial score (nSPS) is 7.33. The number of benzene rings is 1. The Hall–Kier alpha value is 0.711. The zero-order valence-electron chi connectivity index (χ0n) is 7.02. The van der Waals surface area contributed by atoms with Crippen LogP contribution in [0.5, 0.6) is 0 Å². The van der Waals surface area contributed by atoms with Crippen molar-refractivity contribution in [3.63, 3.8) is 0 Å². The van der Waals surface area contributed by atoms with Gasteiger partial charge in [0.15, 0.2) is 0 Å². The second kappa shape index (κ2) is 9.80. The van der Waals surface area contributed by atoms with Crippen molar-refractivity contribution in [1.82, 2.24) is 0 Å². The molecule has 0 aliphatic carbocycles. The SMILES string of the molecule is Cc1cc[c-]cc1.FB(F)F.[K+]. The largest absolute Gasteiger partial charge is 1.00 e. The molecular weight excluding hydrogens is 191 g/mol. The van der Waals surface area contributed by atoms with Gasteiger partial charge >= 0.3 is 58.9 Å². The van der Waals surface area contributed by atoms with Gasteiger partial charge in [-0.15, -0.1) is 0 Å². The van der Waals surface area contributed by atoms with Gasteiger partial charge in [-0.1, -0.05) is 6.92 Å². The molecule has 0 saturated heterocycles. The summed E-state index contributed by atoms with van der Waals surface area (Å²) in [5.74, 6) is 0. The van der Waals surface area contributed by atoms with E-state index < -0.39 is 7.54 Å². The quantitative estimate of drug-likeness (QED) is 0.396. The Kier molecular flexibility index (Phi) is 12.4. The Balaban J connectivity index is 0. The van der Waals surface area contributed by atoms with Crippen molar-refractivity contribution in [3.8, 4) is 0 Å². The topological polar surface area (TPSA) is 0 Å². The van der Waals surface area contributed by atoms with E-state index in [-0.39, 0.29) is 51.4 Å². The van der Waals surface area contributed by atoms with Crippen LogP contribution in [0.4, 0.5) is 12.9 Å². The zero-order valence-corrected chi connectivity index (χ0v) is 10.1. The number of halogens is 3. The summed E-state index contributed by atoms with van der Waals surface area (Å²) >= 11 is 0. The average molecular weight is 198 g/mol. The van der Waals surface area contributed by atoms with Gasteiger partial charge in [-0.05, 0) is 0 Å². The maximum Gasteiger partial charge on any atom is 1.00 e. The summed E-state index contributed by atoms with van der Waals surface area (Å²) in [6, 6.07) is 10.8. The first kappa shape index (κ1) is 15.2. The summed E-state index contributed by atoms with van der Waals surface area (Å²) < 4.78 is 29.0. The maximum atomic E-state index is 9.67. The predicted molar refractivity (Wildman–Crippen MR) is 39.1 cm³/mol. The molecular formula is C7H7BF3K. The predicted octanol–water partition coefficient (Wildman–Crippen LogP) is -0.321. The van der Waals surface area contributed by atoms with E-state index in [0.29, 0.717) is 0 Å². The molecule has 1 aromatic rings. The van der Waals surface area contributed by atoms with E-state index in [2.05, 4.69) is 13.0 Å². The molecule has 0 N–H and O–H groups in total. The van der Waals surface area contributed by atoms with Crippen molar-refractivity contribution < 1.29 is 64.3 Å². The van der Waals surface area contributed by atoms with Crippen molar-refractivity contribution in [1.29, 1.82) is 0 Å². The second-order valence-electron chi connectivity index (χ2n) is 1.82. The first-order valence-electron chi connectivity index (χ1n) is 2.98. The molecule has 0 atom stereocenters. The number of rotatable bonds is 0. The van der Waals surface area contributed by atoms with Gasteiger partial charge in [0.25, 0.3) is 0 Å². The molecule has 60 valence electrons. The van der Waals surface area contributed by atoms with Crippen LogP contribution >= 0.6 is 0 Å². The molecule has 0 bridgehead atoms. The first-order chi connectivity index (χ1) is 5.13. The van der Waals surface area contributed by atoms with Crippen LogP contribution in [0.15, 0.2) is 24.3 Å². The first-order valence-corrected chi connectivity index (χ1v) is 2.98. The van der Waals surface area contributed by atoms with Crippen molar-refractivity contribution in [2.24, 2.45) is 0 Å². The molecule has 0 saturated carbocycles. The fourth-order valence-corrected chi connectivity index (χ4v) is 0.470. The third-order valence-corrected chi connectivity index (χ3v) is 0.885. The minimum Gasteiger partial charge on any atom is -0.254 e. The van der Waals surface area contributed by atoms with E-state index in [1.54, 1.807) is 0 Å². The third-order valence-electron chi connectivity index (χ3n) is 0.885. The van der Waals surface area contributed by atoms with E-state index in [0.717, 1.165) is 0 Å². The smallest absolute Gasteiger partial charge is 0.254 e. The molecule has 1 rings (SSSR count). The molecule has 0 aromatic heterocycles. The Labute approximate surface area is 113 Å². The van der Waals surface area contributed by atoms with E-state index >= 15 is 0 Å². The summed E-state index contributed by atoms with van der Waals surface area (Å²) in [4.78, 5) is 0. The monoisotopic (exact) mass is 198 g/mol. The minimum absolute atomic E-state index is 0. The minimum atomic E-state index is -3.67. The van der Waals surface area contributed by atoms with Gasteiger partial charge in [-0.25, -0.2) is 0 Å². The van der Waals surface area contributed by atoms with E-state index in [1.807, 2.05) is 24.3 Å². The van der Waals surface area contributed by atoms with Crippen LogP contribution in [0.2, 0.25) is 0 Å². The maximum absolute atomic E-state index is 9.67. The number of aryl methyl sites for hydroxylation is 1. The van der Waals surface area contributed by atoms with Crippen LogP contribution in [0, 0.1) is 13.0 Å². The van der Waals surface area contributed by atoms with Gasteiger partial charge in [0.1, 0.15) is 0 Å². The molecule has 0 nitrogen and oxygen atoms in total. The Morgan fingerprint density at radius 1 is 1.17 bits per heavy atom. The summed E-state index contributed by atoms with van der Waals surface area (Å²) in [7, 11) is -3.67. The van der Waals surface area contributed by atoms with Gasteiger partial charge in [0.05, 0.1) is 0 Å². The average Bonchev–Trinajstić information content (AvgIpc) is 1.87. The van der Waals surface area contributed by atoms with Gasteiger partial charge < -0.3 is 0 Å². The Morgan fingerprint density at radius 2 is 1.50 bits per heavy atom. The van der Waals surface area contributed by atoms with E-state index in [1.165, 1.54) is 5.56 Å². The van der Waals surface area contributed by atoms with Gasteiger partial charge in [-0.2, -0.15) is 35.9 Å². The molecule has 12 heavy (non-hydrogen) atoms. The summed E-state index contributed by atoms with van der Waals surface area (Å²) in [5.41, 5.74) is 1.29. The van der Waals surface area contributed by atoms with Crippen LogP contribution in [-0.4, -0.2) is 7.54 Å².